The van der Waals surface area contributed by atoms with E-state index in [1.807, 2.05) is 12.1 Å². The second-order valence-corrected chi connectivity index (χ2v) is 5.90. The predicted octanol–water partition coefficient (Wildman–Crippen LogP) is 2.23. The number of hydrogen-bond donors (Lipinski definition) is 1. The highest BCUT2D eigenvalue weighted by Gasteiger charge is 2.37. The SMILES string of the molecule is CNC(=O)CC1(c2ccc(F)c(C)c2)CCN(C)CC1. The number of benzene rings is 1. The number of carbonyl (C=O) groups excluding carboxylic acids is 1. The molecule has 0 aromatic heterocycles. The van der Waals surface area contributed by atoms with Crippen molar-refractivity contribution in [2.75, 3.05) is 27.2 Å². The van der Waals surface area contributed by atoms with E-state index < -0.39 is 0 Å². The summed E-state index contributed by atoms with van der Waals surface area (Å²) in [5.74, 6) is -0.131. The van der Waals surface area contributed by atoms with Crippen LogP contribution in [0.2, 0.25) is 0 Å². The number of piperidine rings is 1. The van der Waals surface area contributed by atoms with Gasteiger partial charge in [0.1, 0.15) is 5.82 Å². The van der Waals surface area contributed by atoms with Crippen molar-refractivity contribution in [1.29, 1.82) is 0 Å². The Morgan fingerprint density at radius 2 is 2.05 bits per heavy atom. The zero-order valence-electron chi connectivity index (χ0n) is 12.5. The van der Waals surface area contributed by atoms with Crippen LogP contribution in [0.1, 0.15) is 30.4 Å². The maximum atomic E-state index is 13.5. The molecule has 110 valence electrons. The minimum absolute atomic E-state index is 0.0523. The Morgan fingerprint density at radius 1 is 1.40 bits per heavy atom. The van der Waals surface area contributed by atoms with Crippen molar-refractivity contribution in [3.63, 3.8) is 0 Å². The predicted molar refractivity (Wildman–Crippen MR) is 78.2 cm³/mol. The van der Waals surface area contributed by atoms with Crippen molar-refractivity contribution in [1.82, 2.24) is 10.2 Å². The van der Waals surface area contributed by atoms with Crippen LogP contribution in [0, 0.1) is 12.7 Å². The number of nitrogens with zero attached hydrogens (tertiary/aromatic N) is 1. The first kappa shape index (κ1) is 15.0. The number of aryl methyl sites for hydroxylation is 1. The van der Waals surface area contributed by atoms with Gasteiger partial charge >= 0.3 is 0 Å². The molecule has 1 amide bonds. The average Bonchev–Trinajstić information content (AvgIpc) is 2.44. The van der Waals surface area contributed by atoms with Crippen LogP contribution in [0.5, 0.6) is 0 Å². The van der Waals surface area contributed by atoms with Gasteiger partial charge < -0.3 is 10.2 Å². The zero-order chi connectivity index (χ0) is 14.8. The van der Waals surface area contributed by atoms with Crippen LogP contribution >= 0.6 is 0 Å². The second-order valence-electron chi connectivity index (χ2n) is 5.90. The Hall–Kier alpha value is -1.42. The lowest BCUT2D eigenvalue weighted by atomic mass is 9.70. The molecule has 1 saturated heterocycles. The highest BCUT2D eigenvalue weighted by molar-refractivity contribution is 5.77. The van der Waals surface area contributed by atoms with E-state index in [1.165, 1.54) is 6.07 Å². The first-order valence-electron chi connectivity index (χ1n) is 7.13. The van der Waals surface area contributed by atoms with Crippen LogP contribution in [0.4, 0.5) is 4.39 Å². The largest absolute Gasteiger partial charge is 0.359 e. The zero-order valence-corrected chi connectivity index (χ0v) is 12.5. The van der Waals surface area contributed by atoms with Crippen molar-refractivity contribution in [2.45, 2.75) is 31.6 Å². The fourth-order valence-corrected chi connectivity index (χ4v) is 2.98. The van der Waals surface area contributed by atoms with Gasteiger partial charge in [-0.1, -0.05) is 12.1 Å². The summed E-state index contributed by atoms with van der Waals surface area (Å²) in [4.78, 5) is 14.2. The number of likely N-dealkylation sites (tertiary alicyclic amines) is 1. The number of halogens is 1. The number of hydrogen-bond acceptors (Lipinski definition) is 2. The summed E-state index contributed by atoms with van der Waals surface area (Å²) < 4.78 is 13.5. The molecule has 0 radical (unpaired) electrons. The molecule has 0 atom stereocenters. The Morgan fingerprint density at radius 3 is 2.60 bits per heavy atom. The summed E-state index contributed by atoms with van der Waals surface area (Å²) in [6.07, 6.45) is 2.34. The summed E-state index contributed by atoms with van der Waals surface area (Å²) in [7, 11) is 3.76. The fourth-order valence-electron chi connectivity index (χ4n) is 2.98. The number of amides is 1. The van der Waals surface area contributed by atoms with Crippen molar-refractivity contribution in [3.05, 3.63) is 35.1 Å². The van der Waals surface area contributed by atoms with Crippen LogP contribution in [0.3, 0.4) is 0 Å². The van der Waals surface area contributed by atoms with Gasteiger partial charge in [0.2, 0.25) is 5.91 Å². The molecule has 1 heterocycles. The van der Waals surface area contributed by atoms with E-state index >= 15 is 0 Å². The van der Waals surface area contributed by atoms with Crippen LogP contribution in [0.25, 0.3) is 0 Å². The lowest BCUT2D eigenvalue weighted by molar-refractivity contribution is -0.122. The van der Waals surface area contributed by atoms with Gasteiger partial charge in [-0.05, 0) is 57.1 Å². The minimum atomic E-state index is -0.184. The Labute approximate surface area is 120 Å². The summed E-state index contributed by atoms with van der Waals surface area (Å²) >= 11 is 0. The second kappa shape index (κ2) is 5.92. The first-order valence-corrected chi connectivity index (χ1v) is 7.13. The maximum Gasteiger partial charge on any atom is 0.220 e. The number of nitrogens with one attached hydrogen (secondary N) is 1. The molecule has 0 spiro atoms. The summed E-state index contributed by atoms with van der Waals surface area (Å²) in [6, 6.07) is 5.27. The summed E-state index contributed by atoms with van der Waals surface area (Å²) in [5, 5.41) is 2.72. The van der Waals surface area contributed by atoms with Gasteiger partial charge in [-0.15, -0.1) is 0 Å². The van der Waals surface area contributed by atoms with E-state index in [0.717, 1.165) is 31.5 Å². The quantitative estimate of drug-likeness (QED) is 0.919. The van der Waals surface area contributed by atoms with E-state index in [4.69, 9.17) is 0 Å². The first-order chi connectivity index (χ1) is 9.47. The van der Waals surface area contributed by atoms with Crippen LogP contribution in [-0.2, 0) is 10.2 Å². The van der Waals surface area contributed by atoms with Gasteiger partial charge in [-0.3, -0.25) is 4.79 Å². The lowest BCUT2D eigenvalue weighted by Gasteiger charge is -2.41. The number of rotatable bonds is 3. The highest BCUT2D eigenvalue weighted by Crippen LogP contribution is 2.39. The molecule has 1 aliphatic heterocycles. The van der Waals surface area contributed by atoms with E-state index in [1.54, 1.807) is 14.0 Å². The Kier molecular flexibility index (Phi) is 4.43. The third-order valence-electron chi connectivity index (χ3n) is 4.49. The van der Waals surface area contributed by atoms with E-state index in [9.17, 15) is 9.18 Å². The van der Waals surface area contributed by atoms with Crippen LogP contribution < -0.4 is 5.32 Å². The van der Waals surface area contributed by atoms with Gasteiger partial charge in [-0.25, -0.2) is 4.39 Å². The third kappa shape index (κ3) is 3.01. The van der Waals surface area contributed by atoms with Crippen molar-refractivity contribution >= 4 is 5.91 Å². The van der Waals surface area contributed by atoms with E-state index in [2.05, 4.69) is 17.3 Å². The lowest BCUT2D eigenvalue weighted by Crippen LogP contribution is -2.43. The van der Waals surface area contributed by atoms with Gasteiger partial charge in [0.15, 0.2) is 0 Å². The fraction of sp³-hybridized carbons (Fsp3) is 0.562. The molecule has 1 aromatic rings. The molecular weight excluding hydrogens is 255 g/mol. The molecule has 1 fully saturated rings. The third-order valence-corrected chi connectivity index (χ3v) is 4.49. The van der Waals surface area contributed by atoms with Crippen molar-refractivity contribution in [3.8, 4) is 0 Å². The monoisotopic (exact) mass is 278 g/mol. The molecular formula is C16H23FN2O. The van der Waals surface area contributed by atoms with Gasteiger partial charge in [0.05, 0.1) is 0 Å². The van der Waals surface area contributed by atoms with E-state index in [0.29, 0.717) is 12.0 Å². The summed E-state index contributed by atoms with van der Waals surface area (Å²) in [5.41, 5.74) is 1.58. The topological polar surface area (TPSA) is 32.3 Å². The normalized spacial score (nSPS) is 18.8. The van der Waals surface area contributed by atoms with Crippen LogP contribution in [-0.4, -0.2) is 38.0 Å². The molecule has 0 aliphatic carbocycles. The molecule has 0 bridgehead atoms. The molecule has 3 nitrogen and oxygen atoms in total. The summed E-state index contributed by atoms with van der Waals surface area (Å²) in [6.45, 7) is 3.71. The average molecular weight is 278 g/mol. The smallest absolute Gasteiger partial charge is 0.220 e. The van der Waals surface area contributed by atoms with Crippen molar-refractivity contribution in [2.24, 2.45) is 0 Å². The van der Waals surface area contributed by atoms with Crippen LogP contribution in [0.15, 0.2) is 18.2 Å². The van der Waals surface area contributed by atoms with E-state index in [-0.39, 0.29) is 17.1 Å². The number of carbonyl (C=O) groups is 1. The maximum absolute atomic E-state index is 13.5. The standard InChI is InChI=1S/C16H23FN2O/c1-12-10-13(4-5-14(12)17)16(11-15(20)18-2)6-8-19(3)9-7-16/h4-5,10H,6-9,11H2,1-3H3,(H,18,20). The molecule has 4 heteroatoms. The van der Waals surface area contributed by atoms with Crippen molar-refractivity contribution < 1.29 is 9.18 Å². The Bertz CT molecular complexity index is 493. The molecule has 0 unspecified atom stereocenters. The Balaban J connectivity index is 2.34. The van der Waals surface area contributed by atoms with Gasteiger partial charge in [-0.2, -0.15) is 0 Å². The molecule has 20 heavy (non-hydrogen) atoms. The molecule has 1 aromatic carbocycles. The highest BCUT2D eigenvalue weighted by atomic mass is 19.1. The molecule has 1 aliphatic rings. The molecule has 1 N–H and O–H groups in total. The molecule has 2 rings (SSSR count). The minimum Gasteiger partial charge on any atom is -0.359 e. The van der Waals surface area contributed by atoms with Gasteiger partial charge in [0, 0.05) is 18.9 Å². The van der Waals surface area contributed by atoms with Gasteiger partial charge in [0.25, 0.3) is 0 Å². The molecule has 0 saturated carbocycles.